The SMILES string of the molecule is C/C=C/CCc1ccc(C#Cc2ccc3cc(C4CCC(CC/C=C/C)CC4)ccc3c2F)cc1. The summed E-state index contributed by atoms with van der Waals surface area (Å²) in [6.45, 7) is 4.14. The van der Waals surface area contributed by atoms with E-state index in [-0.39, 0.29) is 5.82 Å². The number of allylic oxidation sites excluding steroid dienone is 4. The highest BCUT2D eigenvalue weighted by molar-refractivity contribution is 5.85. The van der Waals surface area contributed by atoms with E-state index in [4.69, 9.17) is 0 Å². The van der Waals surface area contributed by atoms with Crippen molar-refractivity contribution < 1.29 is 4.39 Å². The second-order valence-electron chi connectivity index (χ2n) is 9.83. The Morgan fingerprint density at radius 2 is 1.57 bits per heavy atom. The van der Waals surface area contributed by atoms with Crippen molar-refractivity contribution in [1.29, 1.82) is 0 Å². The fourth-order valence-electron chi connectivity index (χ4n) is 5.25. The minimum absolute atomic E-state index is 0.211. The third kappa shape index (κ3) is 6.73. The summed E-state index contributed by atoms with van der Waals surface area (Å²) >= 11 is 0. The third-order valence-electron chi connectivity index (χ3n) is 7.40. The molecule has 4 rings (SSSR count). The molecular weight excluding hydrogens is 427 g/mol. The lowest BCUT2D eigenvalue weighted by Gasteiger charge is -2.28. The molecule has 3 aromatic carbocycles. The van der Waals surface area contributed by atoms with E-state index in [1.54, 1.807) is 0 Å². The van der Waals surface area contributed by atoms with E-state index in [9.17, 15) is 0 Å². The average molecular weight is 465 g/mol. The van der Waals surface area contributed by atoms with Gasteiger partial charge in [-0.15, -0.1) is 0 Å². The Bertz CT molecular complexity index is 1230. The number of rotatable bonds is 7. The van der Waals surface area contributed by atoms with Gasteiger partial charge in [-0.3, -0.25) is 0 Å². The zero-order valence-corrected chi connectivity index (χ0v) is 21.2. The molecule has 0 aliphatic heterocycles. The maximum atomic E-state index is 15.3. The van der Waals surface area contributed by atoms with Gasteiger partial charge >= 0.3 is 0 Å². The number of hydrogen-bond donors (Lipinski definition) is 0. The van der Waals surface area contributed by atoms with Gasteiger partial charge in [-0.05, 0) is 112 Å². The smallest absolute Gasteiger partial charge is 0.146 e. The quantitative estimate of drug-likeness (QED) is 0.241. The Hall–Kier alpha value is -3.11. The molecule has 0 N–H and O–H groups in total. The molecule has 1 saturated carbocycles. The summed E-state index contributed by atoms with van der Waals surface area (Å²) in [6.07, 6.45) is 18.4. The first kappa shape index (κ1) is 25.0. The second-order valence-corrected chi connectivity index (χ2v) is 9.83. The van der Waals surface area contributed by atoms with Crippen LogP contribution in [0, 0.1) is 23.6 Å². The summed E-state index contributed by atoms with van der Waals surface area (Å²) < 4.78 is 15.3. The summed E-state index contributed by atoms with van der Waals surface area (Å²) in [4.78, 5) is 0. The molecule has 0 spiro atoms. The Labute approximate surface area is 211 Å². The molecule has 0 radical (unpaired) electrons. The maximum Gasteiger partial charge on any atom is 0.146 e. The van der Waals surface area contributed by atoms with Gasteiger partial charge in [-0.1, -0.05) is 72.5 Å². The lowest BCUT2D eigenvalue weighted by Crippen LogP contribution is -2.13. The first-order chi connectivity index (χ1) is 17.2. The summed E-state index contributed by atoms with van der Waals surface area (Å²) in [6, 6.07) is 18.4. The first-order valence-corrected chi connectivity index (χ1v) is 13.2. The zero-order valence-electron chi connectivity index (χ0n) is 21.2. The molecular formula is C34H37F. The molecule has 0 saturated heterocycles. The van der Waals surface area contributed by atoms with E-state index >= 15 is 4.39 Å². The predicted octanol–water partition coefficient (Wildman–Crippen LogP) is 9.52. The molecule has 1 aliphatic rings. The first-order valence-electron chi connectivity index (χ1n) is 13.2. The van der Waals surface area contributed by atoms with Crippen molar-refractivity contribution in [3.05, 3.63) is 107 Å². The Kier molecular flexibility index (Phi) is 8.96. The van der Waals surface area contributed by atoms with Crippen LogP contribution in [0.4, 0.5) is 4.39 Å². The van der Waals surface area contributed by atoms with Crippen LogP contribution in [0.5, 0.6) is 0 Å². The molecule has 0 nitrogen and oxygen atoms in total. The minimum atomic E-state index is -0.211. The lowest BCUT2D eigenvalue weighted by atomic mass is 9.77. The molecule has 35 heavy (non-hydrogen) atoms. The van der Waals surface area contributed by atoms with Crippen molar-refractivity contribution >= 4 is 10.8 Å². The minimum Gasteiger partial charge on any atom is -0.205 e. The van der Waals surface area contributed by atoms with Gasteiger partial charge in [0.25, 0.3) is 0 Å². The molecule has 1 heteroatoms. The highest BCUT2D eigenvalue weighted by Crippen LogP contribution is 2.38. The van der Waals surface area contributed by atoms with Gasteiger partial charge in [0, 0.05) is 10.9 Å². The van der Waals surface area contributed by atoms with Gasteiger partial charge in [0.1, 0.15) is 5.82 Å². The van der Waals surface area contributed by atoms with Crippen LogP contribution < -0.4 is 0 Å². The number of halogens is 1. The van der Waals surface area contributed by atoms with Crippen molar-refractivity contribution in [2.24, 2.45) is 5.92 Å². The van der Waals surface area contributed by atoms with Gasteiger partial charge in [-0.2, -0.15) is 0 Å². The standard InChI is InChI=1S/C34H37F/c1-3-5-7-9-26-11-13-28(14-12-26)17-20-30-21-22-32-25-31(23-24-33(32)34(30)35)29-18-15-27(16-19-29)10-8-6-4-2/h3-6,11-14,21-25,27,29H,7-10,15-16,18-19H2,1-2H3/b5-3+,6-4+. The van der Waals surface area contributed by atoms with Crippen molar-refractivity contribution in [2.45, 2.75) is 71.1 Å². The maximum absolute atomic E-state index is 15.3. The number of hydrogen-bond acceptors (Lipinski definition) is 0. The molecule has 0 atom stereocenters. The Morgan fingerprint density at radius 3 is 2.31 bits per heavy atom. The van der Waals surface area contributed by atoms with Crippen molar-refractivity contribution in [3.63, 3.8) is 0 Å². The summed E-state index contributed by atoms with van der Waals surface area (Å²) in [7, 11) is 0. The highest BCUT2D eigenvalue weighted by Gasteiger charge is 2.22. The zero-order chi connectivity index (χ0) is 24.5. The lowest BCUT2D eigenvalue weighted by molar-refractivity contribution is 0.312. The number of aryl methyl sites for hydroxylation is 1. The molecule has 0 aromatic heterocycles. The normalized spacial score (nSPS) is 18.3. The van der Waals surface area contributed by atoms with Gasteiger partial charge in [0.05, 0.1) is 5.56 Å². The molecule has 3 aromatic rings. The van der Waals surface area contributed by atoms with E-state index in [1.165, 1.54) is 49.7 Å². The van der Waals surface area contributed by atoms with Crippen LogP contribution in [-0.2, 0) is 6.42 Å². The van der Waals surface area contributed by atoms with Gasteiger partial charge in [0.15, 0.2) is 0 Å². The van der Waals surface area contributed by atoms with E-state index in [2.05, 4.69) is 67.3 Å². The molecule has 1 fully saturated rings. The van der Waals surface area contributed by atoms with Crippen molar-refractivity contribution in [2.75, 3.05) is 0 Å². The van der Waals surface area contributed by atoms with Crippen LogP contribution in [0.15, 0.2) is 78.9 Å². The summed E-state index contributed by atoms with van der Waals surface area (Å²) in [5.41, 5.74) is 4.03. The third-order valence-corrected chi connectivity index (χ3v) is 7.40. The van der Waals surface area contributed by atoms with Gasteiger partial charge in [0.2, 0.25) is 0 Å². The van der Waals surface area contributed by atoms with E-state index in [0.717, 1.165) is 29.7 Å². The largest absolute Gasteiger partial charge is 0.205 e. The molecule has 0 heterocycles. The fourth-order valence-corrected chi connectivity index (χ4v) is 5.25. The molecule has 0 bridgehead atoms. The average Bonchev–Trinajstić information content (AvgIpc) is 2.90. The van der Waals surface area contributed by atoms with Crippen LogP contribution in [0.2, 0.25) is 0 Å². The summed E-state index contributed by atoms with van der Waals surface area (Å²) in [5, 5.41) is 1.64. The predicted molar refractivity (Wildman–Crippen MR) is 148 cm³/mol. The Balaban J connectivity index is 1.43. The van der Waals surface area contributed by atoms with E-state index < -0.39 is 0 Å². The van der Waals surface area contributed by atoms with Crippen LogP contribution in [0.1, 0.15) is 87.0 Å². The summed E-state index contributed by atoms with van der Waals surface area (Å²) in [5.74, 6) is 7.44. The number of fused-ring (bicyclic) bond motifs is 1. The van der Waals surface area contributed by atoms with E-state index in [0.29, 0.717) is 16.9 Å². The van der Waals surface area contributed by atoms with Crippen molar-refractivity contribution in [1.82, 2.24) is 0 Å². The molecule has 180 valence electrons. The van der Waals surface area contributed by atoms with Crippen LogP contribution >= 0.6 is 0 Å². The van der Waals surface area contributed by atoms with Crippen LogP contribution in [0.3, 0.4) is 0 Å². The molecule has 0 amide bonds. The monoisotopic (exact) mass is 464 g/mol. The fraction of sp³-hybridized carbons (Fsp3) is 0.353. The van der Waals surface area contributed by atoms with Crippen LogP contribution in [-0.4, -0.2) is 0 Å². The molecule has 0 unspecified atom stereocenters. The van der Waals surface area contributed by atoms with Gasteiger partial charge in [-0.25, -0.2) is 4.39 Å². The van der Waals surface area contributed by atoms with Crippen LogP contribution in [0.25, 0.3) is 10.8 Å². The van der Waals surface area contributed by atoms with Crippen molar-refractivity contribution in [3.8, 4) is 11.8 Å². The van der Waals surface area contributed by atoms with Gasteiger partial charge < -0.3 is 0 Å². The topological polar surface area (TPSA) is 0 Å². The number of benzene rings is 3. The highest BCUT2D eigenvalue weighted by atomic mass is 19.1. The Morgan fingerprint density at radius 1 is 0.829 bits per heavy atom. The molecule has 1 aliphatic carbocycles. The van der Waals surface area contributed by atoms with E-state index in [1.807, 2.05) is 37.3 Å². The second kappa shape index (κ2) is 12.6.